The first-order chi connectivity index (χ1) is 13.7. The molecule has 2 aromatic heterocycles. The molecule has 4 rings (SSSR count). The van der Waals surface area contributed by atoms with E-state index in [1.807, 2.05) is 60.8 Å². The number of nitrogens with zero attached hydrogens (tertiary/aromatic N) is 4. The van der Waals surface area contributed by atoms with Crippen molar-refractivity contribution < 1.29 is 4.79 Å². The lowest BCUT2D eigenvalue weighted by molar-refractivity contribution is -0.115. The van der Waals surface area contributed by atoms with E-state index in [1.54, 1.807) is 27.8 Å². The molecule has 0 fully saturated rings. The number of halogens is 1. The van der Waals surface area contributed by atoms with Gasteiger partial charge in [-0.25, -0.2) is 9.36 Å². The summed E-state index contributed by atoms with van der Waals surface area (Å²) in [6, 6.07) is 19.0. The van der Waals surface area contributed by atoms with Crippen molar-refractivity contribution in [3.8, 4) is 5.69 Å². The molecule has 1 amide bonds. The summed E-state index contributed by atoms with van der Waals surface area (Å²) in [4.78, 5) is 12.5. The van der Waals surface area contributed by atoms with Gasteiger partial charge in [0.1, 0.15) is 5.82 Å². The van der Waals surface area contributed by atoms with Crippen LogP contribution in [0.15, 0.2) is 79.3 Å². The zero-order valence-corrected chi connectivity index (χ0v) is 15.8. The van der Waals surface area contributed by atoms with Gasteiger partial charge in [0, 0.05) is 23.5 Å². The Morgan fingerprint density at radius 1 is 0.929 bits per heavy atom. The minimum atomic E-state index is -0.0929. The van der Waals surface area contributed by atoms with Crippen molar-refractivity contribution >= 4 is 23.3 Å². The molecular weight excluding hydrogens is 374 g/mol. The minimum Gasteiger partial charge on any atom is -0.311 e. The Kier molecular flexibility index (Phi) is 5.21. The first-order valence-electron chi connectivity index (χ1n) is 8.82. The van der Waals surface area contributed by atoms with Gasteiger partial charge in [-0.3, -0.25) is 4.79 Å². The summed E-state index contributed by atoms with van der Waals surface area (Å²) in [6.45, 7) is 0.554. The van der Waals surface area contributed by atoms with E-state index in [2.05, 4.69) is 15.5 Å². The standard InChI is InChI=1S/C21H18ClN5O/c22-18-6-2-17(3-7-18)15-27-20(10-12-24-27)25-21(28)14-16-4-8-19(9-5-16)26-13-1-11-23-26/h1-13H,14-15H2,(H,25,28). The number of nitrogens with one attached hydrogen (secondary N) is 1. The van der Waals surface area contributed by atoms with E-state index in [4.69, 9.17) is 11.6 Å². The summed E-state index contributed by atoms with van der Waals surface area (Å²) < 4.78 is 3.53. The third-order valence-electron chi connectivity index (χ3n) is 4.30. The Labute approximate surface area is 167 Å². The molecule has 2 heterocycles. The van der Waals surface area contributed by atoms with E-state index in [1.165, 1.54) is 0 Å². The average molecular weight is 392 g/mol. The highest BCUT2D eigenvalue weighted by Gasteiger charge is 2.09. The van der Waals surface area contributed by atoms with Crippen LogP contribution in [0.1, 0.15) is 11.1 Å². The zero-order valence-electron chi connectivity index (χ0n) is 15.0. The molecule has 7 heteroatoms. The maximum absolute atomic E-state index is 12.5. The van der Waals surface area contributed by atoms with Crippen molar-refractivity contribution in [2.75, 3.05) is 5.32 Å². The number of rotatable bonds is 6. The number of aromatic nitrogens is 4. The van der Waals surface area contributed by atoms with Gasteiger partial charge < -0.3 is 5.32 Å². The van der Waals surface area contributed by atoms with E-state index in [9.17, 15) is 4.79 Å². The number of hydrogen-bond acceptors (Lipinski definition) is 3. The predicted molar refractivity (Wildman–Crippen MR) is 109 cm³/mol. The number of carbonyl (C=O) groups is 1. The first-order valence-corrected chi connectivity index (χ1v) is 9.20. The van der Waals surface area contributed by atoms with Crippen LogP contribution in [-0.4, -0.2) is 25.5 Å². The molecule has 4 aromatic rings. The lowest BCUT2D eigenvalue weighted by Crippen LogP contribution is -2.18. The van der Waals surface area contributed by atoms with Gasteiger partial charge in [0.2, 0.25) is 5.91 Å². The molecule has 2 aromatic carbocycles. The SMILES string of the molecule is O=C(Cc1ccc(-n2cccn2)cc1)Nc1ccnn1Cc1ccc(Cl)cc1. The summed E-state index contributed by atoms with van der Waals surface area (Å²) in [6.07, 6.45) is 5.56. The molecule has 0 radical (unpaired) electrons. The summed E-state index contributed by atoms with van der Waals surface area (Å²) in [5.74, 6) is 0.567. The fourth-order valence-electron chi connectivity index (χ4n) is 2.89. The summed E-state index contributed by atoms with van der Waals surface area (Å²) in [5.41, 5.74) is 2.94. The van der Waals surface area contributed by atoms with Crippen LogP contribution in [0.25, 0.3) is 5.69 Å². The van der Waals surface area contributed by atoms with Gasteiger partial charge in [-0.05, 0) is 41.5 Å². The second-order valence-electron chi connectivity index (χ2n) is 6.34. The van der Waals surface area contributed by atoms with Crippen LogP contribution in [0, 0.1) is 0 Å². The van der Waals surface area contributed by atoms with E-state index < -0.39 is 0 Å². The highest BCUT2D eigenvalue weighted by Crippen LogP contribution is 2.14. The summed E-state index contributed by atoms with van der Waals surface area (Å²) >= 11 is 5.93. The molecule has 1 N–H and O–H groups in total. The van der Waals surface area contributed by atoms with Crippen LogP contribution in [0.5, 0.6) is 0 Å². The Bertz CT molecular complexity index is 1050. The van der Waals surface area contributed by atoms with Gasteiger partial charge >= 0.3 is 0 Å². The first kappa shape index (κ1) is 18.0. The van der Waals surface area contributed by atoms with Crippen LogP contribution in [0.2, 0.25) is 5.02 Å². The lowest BCUT2D eigenvalue weighted by atomic mass is 10.1. The van der Waals surface area contributed by atoms with Gasteiger partial charge in [0.05, 0.1) is 24.8 Å². The van der Waals surface area contributed by atoms with Gasteiger partial charge in [-0.2, -0.15) is 10.2 Å². The third kappa shape index (κ3) is 4.29. The summed E-state index contributed by atoms with van der Waals surface area (Å²) in [5, 5.41) is 12.1. The molecule has 0 aliphatic heterocycles. The number of hydrogen-bond donors (Lipinski definition) is 1. The Hall–Kier alpha value is -3.38. The Morgan fingerprint density at radius 3 is 2.39 bits per heavy atom. The van der Waals surface area contributed by atoms with Crippen molar-refractivity contribution in [3.63, 3.8) is 0 Å². The topological polar surface area (TPSA) is 64.7 Å². The largest absolute Gasteiger partial charge is 0.311 e. The van der Waals surface area contributed by atoms with Gasteiger partial charge in [0.15, 0.2) is 0 Å². The quantitative estimate of drug-likeness (QED) is 0.541. The van der Waals surface area contributed by atoms with E-state index in [0.717, 1.165) is 16.8 Å². The zero-order chi connectivity index (χ0) is 19.3. The van der Waals surface area contributed by atoms with Gasteiger partial charge in [-0.15, -0.1) is 0 Å². The number of benzene rings is 2. The van der Waals surface area contributed by atoms with E-state index in [-0.39, 0.29) is 12.3 Å². The van der Waals surface area contributed by atoms with Crippen molar-refractivity contribution in [1.82, 2.24) is 19.6 Å². The highest BCUT2D eigenvalue weighted by molar-refractivity contribution is 6.30. The second-order valence-corrected chi connectivity index (χ2v) is 6.78. The van der Waals surface area contributed by atoms with Gasteiger partial charge in [0.25, 0.3) is 0 Å². The third-order valence-corrected chi connectivity index (χ3v) is 4.55. The molecule has 0 aliphatic carbocycles. The van der Waals surface area contributed by atoms with Crippen LogP contribution in [0.3, 0.4) is 0 Å². The van der Waals surface area contributed by atoms with Gasteiger partial charge in [-0.1, -0.05) is 35.9 Å². The van der Waals surface area contributed by atoms with Crippen LogP contribution in [0.4, 0.5) is 5.82 Å². The number of amides is 1. The molecule has 0 aliphatic rings. The monoisotopic (exact) mass is 391 g/mol. The molecule has 0 atom stereocenters. The molecule has 6 nitrogen and oxygen atoms in total. The van der Waals surface area contributed by atoms with Crippen molar-refractivity contribution in [2.45, 2.75) is 13.0 Å². The maximum atomic E-state index is 12.5. The number of carbonyl (C=O) groups excluding carboxylic acids is 1. The minimum absolute atomic E-state index is 0.0929. The van der Waals surface area contributed by atoms with Crippen molar-refractivity contribution in [1.29, 1.82) is 0 Å². The van der Waals surface area contributed by atoms with E-state index in [0.29, 0.717) is 17.4 Å². The molecular formula is C21H18ClN5O. The molecule has 0 spiro atoms. The van der Waals surface area contributed by atoms with Crippen molar-refractivity contribution in [2.24, 2.45) is 0 Å². The number of anilines is 1. The molecule has 140 valence electrons. The fraction of sp³-hybridized carbons (Fsp3) is 0.0952. The Balaban J connectivity index is 1.39. The highest BCUT2D eigenvalue weighted by atomic mass is 35.5. The maximum Gasteiger partial charge on any atom is 0.229 e. The average Bonchev–Trinajstić information content (AvgIpc) is 3.37. The molecule has 0 saturated carbocycles. The molecule has 28 heavy (non-hydrogen) atoms. The van der Waals surface area contributed by atoms with Crippen LogP contribution < -0.4 is 5.32 Å². The smallest absolute Gasteiger partial charge is 0.229 e. The summed E-state index contributed by atoms with van der Waals surface area (Å²) in [7, 11) is 0. The predicted octanol–water partition coefficient (Wildman–Crippen LogP) is 3.95. The molecule has 0 unspecified atom stereocenters. The van der Waals surface area contributed by atoms with Crippen molar-refractivity contribution in [3.05, 3.63) is 95.4 Å². The lowest BCUT2D eigenvalue weighted by Gasteiger charge is -2.10. The fourth-order valence-corrected chi connectivity index (χ4v) is 3.01. The molecule has 0 saturated heterocycles. The molecule has 0 bridgehead atoms. The second kappa shape index (κ2) is 8.10. The van der Waals surface area contributed by atoms with E-state index >= 15 is 0 Å². The Morgan fingerprint density at radius 2 is 1.68 bits per heavy atom. The van der Waals surface area contributed by atoms with Crippen LogP contribution >= 0.6 is 11.6 Å². The van der Waals surface area contributed by atoms with Crippen LogP contribution in [-0.2, 0) is 17.8 Å². The normalized spacial score (nSPS) is 10.8.